The number of rotatable bonds is 8. The van der Waals surface area contributed by atoms with Crippen LogP contribution in [0.25, 0.3) is 0 Å². The Hall–Kier alpha value is -1.44. The van der Waals surface area contributed by atoms with Gasteiger partial charge in [-0.05, 0) is 11.4 Å². The summed E-state index contributed by atoms with van der Waals surface area (Å²) in [6.07, 6.45) is 0. The summed E-state index contributed by atoms with van der Waals surface area (Å²) in [5, 5.41) is 1.88. The number of likely N-dealkylation sites (tertiary alicyclic amines) is 1. The molecular formula is C15H22N2O4S. The molecule has 2 rings (SSSR count). The van der Waals surface area contributed by atoms with Crippen molar-refractivity contribution in [2.24, 2.45) is 5.92 Å². The molecule has 0 spiro atoms. The predicted molar refractivity (Wildman–Crippen MR) is 84.0 cm³/mol. The highest BCUT2D eigenvalue weighted by molar-refractivity contribution is 7.12. The Morgan fingerprint density at radius 2 is 1.91 bits per heavy atom. The smallest absolute Gasteiger partial charge is 0.263 e. The Morgan fingerprint density at radius 1 is 1.27 bits per heavy atom. The van der Waals surface area contributed by atoms with Crippen molar-refractivity contribution in [3.05, 3.63) is 22.4 Å². The van der Waals surface area contributed by atoms with Gasteiger partial charge in [-0.1, -0.05) is 6.07 Å². The second kappa shape index (κ2) is 8.26. The minimum Gasteiger partial charge on any atom is -0.383 e. The third kappa shape index (κ3) is 4.06. The summed E-state index contributed by atoms with van der Waals surface area (Å²) in [4.78, 5) is 28.8. The van der Waals surface area contributed by atoms with Gasteiger partial charge in [0, 0.05) is 40.4 Å². The zero-order valence-corrected chi connectivity index (χ0v) is 13.8. The van der Waals surface area contributed by atoms with Crippen molar-refractivity contribution >= 4 is 23.2 Å². The van der Waals surface area contributed by atoms with Crippen LogP contribution in [0.15, 0.2) is 17.5 Å². The van der Waals surface area contributed by atoms with Crippen molar-refractivity contribution in [3.8, 4) is 0 Å². The molecule has 7 heteroatoms. The molecule has 0 saturated carbocycles. The largest absolute Gasteiger partial charge is 0.383 e. The molecule has 2 heterocycles. The van der Waals surface area contributed by atoms with E-state index in [1.54, 1.807) is 24.0 Å². The number of nitrogens with zero attached hydrogens (tertiary/aromatic N) is 2. The van der Waals surface area contributed by atoms with Gasteiger partial charge >= 0.3 is 0 Å². The van der Waals surface area contributed by atoms with Crippen LogP contribution in [0.1, 0.15) is 9.67 Å². The minimum absolute atomic E-state index is 0.0133. The summed E-state index contributed by atoms with van der Waals surface area (Å²) in [6, 6.07) is 3.67. The Bertz CT molecular complexity index is 478. The highest BCUT2D eigenvalue weighted by atomic mass is 32.1. The monoisotopic (exact) mass is 326 g/mol. The fourth-order valence-corrected chi connectivity index (χ4v) is 3.04. The van der Waals surface area contributed by atoms with Gasteiger partial charge in [-0.2, -0.15) is 0 Å². The Morgan fingerprint density at radius 3 is 2.41 bits per heavy atom. The van der Waals surface area contributed by atoms with Gasteiger partial charge in [-0.25, -0.2) is 0 Å². The van der Waals surface area contributed by atoms with Crippen molar-refractivity contribution in [1.29, 1.82) is 0 Å². The highest BCUT2D eigenvalue weighted by Gasteiger charge is 2.38. The topological polar surface area (TPSA) is 59.1 Å². The van der Waals surface area contributed by atoms with Crippen molar-refractivity contribution in [2.75, 3.05) is 53.6 Å². The summed E-state index contributed by atoms with van der Waals surface area (Å²) in [6.45, 7) is 3.08. The lowest BCUT2D eigenvalue weighted by atomic mass is 9.98. The number of carbonyl (C=O) groups excluding carboxylic acids is 2. The normalized spacial score (nSPS) is 14.7. The molecule has 1 fully saturated rings. The Kier molecular flexibility index (Phi) is 6.35. The lowest BCUT2D eigenvalue weighted by Gasteiger charge is -2.40. The molecule has 122 valence electrons. The second-order valence-corrected chi connectivity index (χ2v) is 6.14. The molecule has 0 radical (unpaired) electrons. The molecule has 0 bridgehead atoms. The predicted octanol–water partition coefficient (Wildman–Crippen LogP) is 0.942. The minimum atomic E-state index is -0.113. The molecular weight excluding hydrogens is 304 g/mol. The highest BCUT2D eigenvalue weighted by Crippen LogP contribution is 2.22. The molecule has 0 aromatic carbocycles. The van der Waals surface area contributed by atoms with Gasteiger partial charge in [0.15, 0.2) is 0 Å². The summed E-state index contributed by atoms with van der Waals surface area (Å²) >= 11 is 1.43. The first-order valence-electron chi connectivity index (χ1n) is 7.26. The Balaban J connectivity index is 1.84. The first-order valence-corrected chi connectivity index (χ1v) is 8.14. The molecule has 1 aliphatic heterocycles. The molecule has 0 N–H and O–H groups in total. The SMILES string of the molecule is COCCN(CCOC)C(=O)C1CN(C(=O)c2cccs2)C1. The van der Waals surface area contributed by atoms with Crippen molar-refractivity contribution in [1.82, 2.24) is 9.80 Å². The van der Waals surface area contributed by atoms with Crippen LogP contribution in [-0.4, -0.2) is 75.2 Å². The maximum Gasteiger partial charge on any atom is 0.263 e. The van der Waals surface area contributed by atoms with Gasteiger partial charge in [0.05, 0.1) is 24.0 Å². The van der Waals surface area contributed by atoms with Crippen LogP contribution >= 0.6 is 11.3 Å². The first-order chi connectivity index (χ1) is 10.7. The zero-order valence-electron chi connectivity index (χ0n) is 13.0. The number of amides is 2. The summed E-state index contributed by atoms with van der Waals surface area (Å²) in [7, 11) is 3.23. The van der Waals surface area contributed by atoms with Gasteiger partial charge in [-0.15, -0.1) is 11.3 Å². The number of methoxy groups -OCH3 is 2. The molecule has 0 atom stereocenters. The van der Waals surface area contributed by atoms with Gasteiger partial charge in [0.2, 0.25) is 5.91 Å². The van der Waals surface area contributed by atoms with Gasteiger partial charge in [-0.3, -0.25) is 9.59 Å². The molecule has 22 heavy (non-hydrogen) atoms. The molecule has 0 aliphatic carbocycles. The molecule has 2 amide bonds. The van der Waals surface area contributed by atoms with E-state index in [1.165, 1.54) is 11.3 Å². The maximum atomic E-state index is 12.5. The van der Waals surface area contributed by atoms with Crippen LogP contribution in [0.5, 0.6) is 0 Å². The average Bonchev–Trinajstić information content (AvgIpc) is 2.99. The summed E-state index contributed by atoms with van der Waals surface area (Å²) in [5.74, 6) is -0.0265. The van der Waals surface area contributed by atoms with E-state index in [1.807, 2.05) is 17.5 Å². The standard InChI is InChI=1S/C15H22N2O4S/c1-20-7-5-16(6-8-21-2)14(18)12-10-17(11-12)15(19)13-4-3-9-22-13/h3-4,9,12H,5-8,10-11H2,1-2H3. The maximum absolute atomic E-state index is 12.5. The fraction of sp³-hybridized carbons (Fsp3) is 0.600. The zero-order chi connectivity index (χ0) is 15.9. The third-order valence-electron chi connectivity index (χ3n) is 3.69. The van der Waals surface area contributed by atoms with E-state index in [2.05, 4.69) is 0 Å². The molecule has 1 aliphatic rings. The van der Waals surface area contributed by atoms with Crippen molar-refractivity contribution < 1.29 is 19.1 Å². The van der Waals surface area contributed by atoms with Crippen molar-refractivity contribution in [2.45, 2.75) is 0 Å². The van der Waals surface area contributed by atoms with Crippen molar-refractivity contribution in [3.63, 3.8) is 0 Å². The summed E-state index contributed by atoms with van der Waals surface area (Å²) in [5.41, 5.74) is 0. The lowest BCUT2D eigenvalue weighted by molar-refractivity contribution is -0.141. The van der Waals surface area contributed by atoms with E-state index in [-0.39, 0.29) is 17.7 Å². The molecule has 0 unspecified atom stereocenters. The van der Waals surface area contributed by atoms with E-state index < -0.39 is 0 Å². The van der Waals surface area contributed by atoms with E-state index in [9.17, 15) is 9.59 Å². The fourth-order valence-electron chi connectivity index (χ4n) is 2.35. The molecule has 6 nitrogen and oxygen atoms in total. The van der Waals surface area contributed by atoms with Crippen LogP contribution in [0, 0.1) is 5.92 Å². The van der Waals surface area contributed by atoms with Crippen LogP contribution in [0.4, 0.5) is 0 Å². The first kappa shape index (κ1) is 16.9. The number of carbonyl (C=O) groups is 2. The van der Waals surface area contributed by atoms with Gasteiger partial charge in [0.25, 0.3) is 5.91 Å². The molecule has 1 saturated heterocycles. The number of ether oxygens (including phenoxy) is 2. The number of hydrogen-bond donors (Lipinski definition) is 0. The van der Waals surface area contributed by atoms with Crippen LogP contribution < -0.4 is 0 Å². The van der Waals surface area contributed by atoms with Crippen LogP contribution in [0.2, 0.25) is 0 Å². The van der Waals surface area contributed by atoms with Crippen LogP contribution in [0.3, 0.4) is 0 Å². The number of hydrogen-bond acceptors (Lipinski definition) is 5. The molecule has 1 aromatic heterocycles. The van der Waals surface area contributed by atoms with E-state index in [0.717, 1.165) is 4.88 Å². The Labute approximate surface area is 134 Å². The third-order valence-corrected chi connectivity index (χ3v) is 4.55. The van der Waals surface area contributed by atoms with Gasteiger partial charge < -0.3 is 19.3 Å². The quantitative estimate of drug-likeness (QED) is 0.713. The van der Waals surface area contributed by atoms with E-state index in [4.69, 9.17) is 9.47 Å². The van der Waals surface area contributed by atoms with Gasteiger partial charge in [0.1, 0.15) is 0 Å². The second-order valence-electron chi connectivity index (χ2n) is 5.20. The number of thiophene rings is 1. The lowest BCUT2D eigenvalue weighted by Crippen LogP contribution is -2.57. The van der Waals surface area contributed by atoms with E-state index in [0.29, 0.717) is 39.4 Å². The van der Waals surface area contributed by atoms with E-state index >= 15 is 0 Å². The molecule has 1 aromatic rings. The van der Waals surface area contributed by atoms with Crippen LogP contribution in [-0.2, 0) is 14.3 Å². The average molecular weight is 326 g/mol. The summed E-state index contributed by atoms with van der Waals surface area (Å²) < 4.78 is 10.1.